The Morgan fingerprint density at radius 3 is 2.74 bits per heavy atom. The second-order valence-corrected chi connectivity index (χ2v) is 9.50. The van der Waals surface area contributed by atoms with Crippen molar-refractivity contribution in [3.63, 3.8) is 0 Å². The van der Waals surface area contributed by atoms with Crippen LogP contribution in [0.5, 0.6) is 11.5 Å². The van der Waals surface area contributed by atoms with Crippen LogP contribution < -0.4 is 10.1 Å². The summed E-state index contributed by atoms with van der Waals surface area (Å²) in [6.45, 7) is 3.79. The third-order valence-electron chi connectivity index (χ3n) is 6.26. The second kappa shape index (κ2) is 9.91. The Bertz CT molecular complexity index is 1250. The van der Waals surface area contributed by atoms with Crippen molar-refractivity contribution in [3.05, 3.63) is 72.7 Å². The largest absolute Gasteiger partial charge is 0.500 e. The molecule has 1 aromatic heterocycles. The molecule has 0 spiro atoms. The highest BCUT2D eigenvalue weighted by atomic mass is 32.1. The van der Waals surface area contributed by atoms with E-state index in [0.29, 0.717) is 35.4 Å². The molecule has 0 saturated heterocycles. The van der Waals surface area contributed by atoms with Gasteiger partial charge in [0.05, 0.1) is 24.2 Å². The van der Waals surface area contributed by atoms with Crippen LogP contribution in [-0.4, -0.2) is 35.5 Å². The Morgan fingerprint density at radius 2 is 2.11 bits per heavy atom. The highest BCUT2D eigenvalue weighted by molar-refractivity contribution is 7.10. The molecule has 10 heteroatoms. The van der Waals surface area contributed by atoms with E-state index in [9.17, 15) is 24.8 Å². The van der Waals surface area contributed by atoms with Crippen molar-refractivity contribution in [1.82, 2.24) is 5.32 Å². The van der Waals surface area contributed by atoms with Crippen LogP contribution in [0.3, 0.4) is 0 Å². The molecule has 1 aliphatic carbocycles. The summed E-state index contributed by atoms with van der Waals surface area (Å²) >= 11 is 1.59. The number of rotatable bonds is 7. The minimum absolute atomic E-state index is 0.000479. The Hall–Kier alpha value is -3.66. The fourth-order valence-electron chi connectivity index (χ4n) is 4.72. The van der Waals surface area contributed by atoms with Crippen LogP contribution in [0, 0.1) is 10.1 Å². The number of aromatic hydroxyl groups is 1. The molecule has 2 N–H and O–H groups in total. The predicted molar refractivity (Wildman–Crippen MR) is 129 cm³/mol. The monoisotopic (exact) mass is 498 g/mol. The van der Waals surface area contributed by atoms with Crippen LogP contribution in [0.25, 0.3) is 0 Å². The molecule has 0 saturated carbocycles. The van der Waals surface area contributed by atoms with Gasteiger partial charge in [-0.15, -0.1) is 11.3 Å². The van der Waals surface area contributed by atoms with Gasteiger partial charge >= 0.3 is 11.7 Å². The Balaban J connectivity index is 1.89. The minimum atomic E-state index is -0.902. The number of nitro groups is 1. The third kappa shape index (κ3) is 4.53. The number of thiophene rings is 1. The number of dihydropyridines is 1. The third-order valence-corrected chi connectivity index (χ3v) is 7.29. The number of hydrogen-bond acceptors (Lipinski definition) is 9. The SMILES string of the molecule is CCCOC(=O)C1=C(C)NC2=C(C(=O)CC(c3cccs3)C2)C1c1cc(OC)c(O)c([N+](=O)[O-])c1. The number of allylic oxidation sites excluding steroid dienone is 3. The Kier molecular flexibility index (Phi) is 6.93. The quantitative estimate of drug-likeness (QED) is 0.320. The molecule has 184 valence electrons. The average molecular weight is 499 g/mol. The Morgan fingerprint density at radius 1 is 1.34 bits per heavy atom. The number of Topliss-reactive ketones (excluding diaryl/α,β-unsaturated/α-hetero) is 1. The van der Waals surface area contributed by atoms with E-state index in [1.807, 2.05) is 24.4 Å². The molecule has 2 heterocycles. The highest BCUT2D eigenvalue weighted by Crippen LogP contribution is 2.49. The smallest absolute Gasteiger partial charge is 0.336 e. The summed E-state index contributed by atoms with van der Waals surface area (Å²) < 4.78 is 10.6. The average Bonchev–Trinajstić information content (AvgIpc) is 3.36. The number of benzene rings is 1. The molecule has 0 radical (unpaired) electrons. The maximum atomic E-state index is 13.6. The molecular weight excluding hydrogens is 472 g/mol. The molecule has 9 nitrogen and oxygen atoms in total. The van der Waals surface area contributed by atoms with Crippen LogP contribution in [0.1, 0.15) is 55.4 Å². The zero-order chi connectivity index (χ0) is 25.3. The van der Waals surface area contributed by atoms with E-state index >= 15 is 0 Å². The van der Waals surface area contributed by atoms with Crippen molar-refractivity contribution in [1.29, 1.82) is 0 Å². The number of nitrogens with one attached hydrogen (secondary N) is 1. The first-order valence-corrected chi connectivity index (χ1v) is 12.1. The molecule has 0 bridgehead atoms. The number of phenols is 1. The maximum absolute atomic E-state index is 13.6. The maximum Gasteiger partial charge on any atom is 0.336 e. The lowest BCUT2D eigenvalue weighted by molar-refractivity contribution is -0.386. The van der Waals surface area contributed by atoms with Gasteiger partial charge in [0.25, 0.3) is 0 Å². The van der Waals surface area contributed by atoms with Gasteiger partial charge in [0, 0.05) is 46.2 Å². The van der Waals surface area contributed by atoms with Crippen molar-refractivity contribution in [2.45, 2.75) is 44.9 Å². The lowest BCUT2D eigenvalue weighted by Crippen LogP contribution is -2.36. The number of methoxy groups -OCH3 is 1. The van der Waals surface area contributed by atoms with Gasteiger partial charge in [-0.2, -0.15) is 0 Å². The van der Waals surface area contributed by atoms with Crippen LogP contribution in [0.4, 0.5) is 5.69 Å². The van der Waals surface area contributed by atoms with Gasteiger partial charge < -0.3 is 19.9 Å². The van der Waals surface area contributed by atoms with Gasteiger partial charge in [-0.3, -0.25) is 14.9 Å². The molecule has 2 unspecified atom stereocenters. The number of ketones is 1. The molecule has 1 aromatic carbocycles. The van der Waals surface area contributed by atoms with Crippen molar-refractivity contribution in [3.8, 4) is 11.5 Å². The van der Waals surface area contributed by atoms with Gasteiger partial charge in [-0.25, -0.2) is 4.79 Å². The number of ether oxygens (including phenoxy) is 2. The number of phenolic OH excluding ortho intramolecular Hbond substituents is 1. The van der Waals surface area contributed by atoms with Crippen molar-refractivity contribution in [2.24, 2.45) is 0 Å². The van der Waals surface area contributed by atoms with Gasteiger partial charge in [-0.05, 0) is 42.8 Å². The summed E-state index contributed by atoms with van der Waals surface area (Å²) in [6.07, 6.45) is 1.43. The van der Waals surface area contributed by atoms with Gasteiger partial charge in [-0.1, -0.05) is 13.0 Å². The van der Waals surface area contributed by atoms with Crippen molar-refractivity contribution >= 4 is 28.8 Å². The standard InChI is InChI=1S/C25H26N2O7S/c1-4-7-34-25(30)21-13(2)26-16-9-14(20-6-5-8-35-20)11-18(28)23(16)22(21)15-10-17(27(31)32)24(29)19(12-15)33-3/h5-6,8,10,12,14,22,26,29H,4,7,9,11H2,1-3H3. The van der Waals surface area contributed by atoms with E-state index in [4.69, 9.17) is 9.47 Å². The molecular formula is C25H26N2O7S. The van der Waals surface area contributed by atoms with E-state index in [1.54, 1.807) is 18.3 Å². The molecule has 2 aromatic rings. The number of esters is 1. The van der Waals surface area contributed by atoms with Crippen LogP contribution in [-0.2, 0) is 14.3 Å². The van der Waals surface area contributed by atoms with Crippen LogP contribution in [0.2, 0.25) is 0 Å². The summed E-state index contributed by atoms with van der Waals surface area (Å²) in [5.41, 5.74) is 1.52. The van der Waals surface area contributed by atoms with Gasteiger partial charge in [0.15, 0.2) is 11.5 Å². The molecule has 1 aliphatic heterocycles. The lowest BCUT2D eigenvalue weighted by Gasteiger charge is -2.36. The van der Waals surface area contributed by atoms with Crippen molar-refractivity contribution in [2.75, 3.05) is 13.7 Å². The normalized spacial score (nSPS) is 19.8. The highest BCUT2D eigenvalue weighted by Gasteiger charge is 2.42. The van der Waals surface area contributed by atoms with Crippen LogP contribution >= 0.6 is 11.3 Å². The summed E-state index contributed by atoms with van der Waals surface area (Å²) in [5, 5.41) is 27.2. The van der Waals surface area contributed by atoms with E-state index in [-0.39, 0.29) is 36.1 Å². The van der Waals surface area contributed by atoms with E-state index in [0.717, 1.165) is 4.88 Å². The fraction of sp³-hybridized carbons (Fsp3) is 0.360. The number of hydrogen-bond donors (Lipinski definition) is 2. The first-order chi connectivity index (χ1) is 16.8. The minimum Gasteiger partial charge on any atom is -0.500 e. The fourth-order valence-corrected chi connectivity index (χ4v) is 5.55. The summed E-state index contributed by atoms with van der Waals surface area (Å²) in [6, 6.07) is 6.57. The summed E-state index contributed by atoms with van der Waals surface area (Å²) in [5.74, 6) is -2.39. The molecule has 0 fully saturated rings. The zero-order valence-corrected chi connectivity index (χ0v) is 20.4. The second-order valence-electron chi connectivity index (χ2n) is 8.52. The number of nitro benzene ring substituents is 1. The van der Waals surface area contributed by atoms with E-state index in [1.165, 1.54) is 19.2 Å². The number of carbonyl (C=O) groups excluding carboxylic acids is 2. The van der Waals surface area contributed by atoms with Gasteiger partial charge in [0.2, 0.25) is 5.75 Å². The summed E-state index contributed by atoms with van der Waals surface area (Å²) in [7, 11) is 1.28. The predicted octanol–water partition coefficient (Wildman–Crippen LogP) is 4.69. The van der Waals surface area contributed by atoms with Gasteiger partial charge in [0.1, 0.15) is 0 Å². The number of carbonyl (C=O) groups is 2. The van der Waals surface area contributed by atoms with Crippen LogP contribution in [0.15, 0.2) is 52.2 Å². The number of nitrogens with zero attached hydrogens (tertiary/aromatic N) is 1. The topological polar surface area (TPSA) is 128 Å². The molecule has 4 rings (SSSR count). The molecule has 35 heavy (non-hydrogen) atoms. The first kappa shape index (κ1) is 24.5. The summed E-state index contributed by atoms with van der Waals surface area (Å²) in [4.78, 5) is 38.8. The van der Waals surface area contributed by atoms with Crippen molar-refractivity contribution < 1.29 is 29.1 Å². The molecule has 2 atom stereocenters. The Labute approximate surface area is 206 Å². The zero-order valence-electron chi connectivity index (χ0n) is 19.6. The molecule has 2 aliphatic rings. The lowest BCUT2D eigenvalue weighted by atomic mass is 9.72. The van der Waals surface area contributed by atoms with E-state index < -0.39 is 28.2 Å². The first-order valence-electron chi connectivity index (χ1n) is 11.3. The molecule has 0 amide bonds. The van der Waals surface area contributed by atoms with E-state index in [2.05, 4.69) is 5.32 Å².